The van der Waals surface area contributed by atoms with Gasteiger partial charge in [0.25, 0.3) is 0 Å². The summed E-state index contributed by atoms with van der Waals surface area (Å²) >= 11 is 3.55. The summed E-state index contributed by atoms with van der Waals surface area (Å²) < 4.78 is 1.13. The molecule has 0 aliphatic carbocycles. The summed E-state index contributed by atoms with van der Waals surface area (Å²) in [5.74, 6) is 1.44. The average Bonchev–Trinajstić information content (AvgIpc) is 3.12. The van der Waals surface area contributed by atoms with E-state index in [0.29, 0.717) is 12.5 Å². The van der Waals surface area contributed by atoms with Crippen LogP contribution in [0, 0.1) is 5.92 Å². The molecule has 1 atom stereocenters. The number of hydrogen-bond acceptors (Lipinski definition) is 3. The van der Waals surface area contributed by atoms with Crippen molar-refractivity contribution in [2.45, 2.75) is 13.0 Å². The summed E-state index contributed by atoms with van der Waals surface area (Å²) in [6, 6.07) is 14.4. The average molecular weight is 402 g/mol. The summed E-state index contributed by atoms with van der Waals surface area (Å²) in [5.41, 5.74) is 2.29. The van der Waals surface area contributed by atoms with Crippen molar-refractivity contribution in [3.63, 3.8) is 0 Å². The highest BCUT2D eigenvalue weighted by Crippen LogP contribution is 2.25. The highest BCUT2D eigenvalue weighted by atomic mass is 79.9. The maximum atomic E-state index is 4.32. The second kappa shape index (κ2) is 8.85. The summed E-state index contributed by atoms with van der Waals surface area (Å²) in [7, 11) is 1.80. The number of rotatable bonds is 5. The molecule has 0 saturated carbocycles. The van der Waals surface area contributed by atoms with E-state index >= 15 is 0 Å². The first-order chi connectivity index (χ1) is 12.2. The zero-order valence-corrected chi connectivity index (χ0v) is 16.0. The van der Waals surface area contributed by atoms with Crippen LogP contribution >= 0.6 is 15.9 Å². The van der Waals surface area contributed by atoms with Crippen LogP contribution in [0.1, 0.15) is 12.1 Å². The van der Waals surface area contributed by atoms with Crippen LogP contribution in [-0.4, -0.2) is 37.6 Å². The SMILES string of the molecule is CN=C(NCc1ccccn1)NCC1CCN(c2cccc(Br)c2)C1. The minimum absolute atomic E-state index is 0.618. The fourth-order valence-electron chi connectivity index (χ4n) is 3.05. The van der Waals surface area contributed by atoms with Crippen LogP contribution in [-0.2, 0) is 6.54 Å². The normalized spacial score (nSPS) is 17.6. The van der Waals surface area contributed by atoms with Gasteiger partial charge < -0.3 is 15.5 Å². The first-order valence-electron chi connectivity index (χ1n) is 8.59. The number of guanidine groups is 1. The van der Waals surface area contributed by atoms with Gasteiger partial charge in [-0.3, -0.25) is 9.98 Å². The van der Waals surface area contributed by atoms with E-state index in [1.165, 1.54) is 12.1 Å². The number of hydrogen-bond donors (Lipinski definition) is 2. The van der Waals surface area contributed by atoms with Crippen molar-refractivity contribution in [1.29, 1.82) is 0 Å². The Bertz CT molecular complexity index is 704. The predicted molar refractivity (Wildman–Crippen MR) is 107 cm³/mol. The molecule has 1 saturated heterocycles. The van der Waals surface area contributed by atoms with Crippen LogP contribution in [0.3, 0.4) is 0 Å². The number of pyridine rings is 1. The third kappa shape index (κ3) is 5.19. The quantitative estimate of drug-likeness (QED) is 0.597. The summed E-state index contributed by atoms with van der Waals surface area (Å²) in [4.78, 5) is 11.1. The molecule has 5 nitrogen and oxygen atoms in total. The topological polar surface area (TPSA) is 52.6 Å². The Balaban J connectivity index is 1.45. The minimum Gasteiger partial charge on any atom is -0.371 e. The van der Waals surface area contributed by atoms with Gasteiger partial charge in [0.15, 0.2) is 5.96 Å². The lowest BCUT2D eigenvalue weighted by atomic mass is 10.1. The lowest BCUT2D eigenvalue weighted by Crippen LogP contribution is -2.40. The van der Waals surface area contributed by atoms with Crippen molar-refractivity contribution in [2.24, 2.45) is 10.9 Å². The molecule has 0 radical (unpaired) electrons. The molecule has 6 heteroatoms. The molecule has 3 rings (SSSR count). The highest BCUT2D eigenvalue weighted by Gasteiger charge is 2.22. The van der Waals surface area contributed by atoms with E-state index in [1.54, 1.807) is 7.05 Å². The zero-order chi connectivity index (χ0) is 17.5. The second-order valence-corrected chi connectivity index (χ2v) is 7.12. The van der Waals surface area contributed by atoms with E-state index in [1.807, 2.05) is 24.4 Å². The van der Waals surface area contributed by atoms with Gasteiger partial charge in [0.1, 0.15) is 0 Å². The second-order valence-electron chi connectivity index (χ2n) is 6.21. The maximum absolute atomic E-state index is 4.32. The van der Waals surface area contributed by atoms with E-state index in [2.05, 4.69) is 65.7 Å². The monoisotopic (exact) mass is 401 g/mol. The first kappa shape index (κ1) is 17.7. The van der Waals surface area contributed by atoms with Gasteiger partial charge in [-0.05, 0) is 42.7 Å². The standard InChI is InChI=1S/C19H24BrN5/c1-21-19(24-13-17-6-2-3-9-22-17)23-12-15-8-10-25(14-15)18-7-4-5-16(20)11-18/h2-7,9,11,15H,8,10,12-14H2,1H3,(H2,21,23,24). The summed E-state index contributed by atoms with van der Waals surface area (Å²) in [6.07, 6.45) is 3.00. The van der Waals surface area contributed by atoms with Crippen molar-refractivity contribution in [3.05, 3.63) is 58.8 Å². The lowest BCUT2D eigenvalue weighted by molar-refractivity contribution is 0.565. The van der Waals surface area contributed by atoms with Crippen LogP contribution < -0.4 is 15.5 Å². The van der Waals surface area contributed by atoms with Crippen molar-refractivity contribution in [2.75, 3.05) is 31.6 Å². The van der Waals surface area contributed by atoms with Crippen molar-refractivity contribution < 1.29 is 0 Å². The smallest absolute Gasteiger partial charge is 0.191 e. The Morgan fingerprint density at radius 3 is 2.96 bits per heavy atom. The van der Waals surface area contributed by atoms with Crippen LogP contribution in [0.2, 0.25) is 0 Å². The van der Waals surface area contributed by atoms with Gasteiger partial charge >= 0.3 is 0 Å². The fraction of sp³-hybridized carbons (Fsp3) is 0.368. The molecule has 132 valence electrons. The molecule has 1 fully saturated rings. The number of benzene rings is 1. The van der Waals surface area contributed by atoms with E-state index in [4.69, 9.17) is 0 Å². The van der Waals surface area contributed by atoms with Crippen LogP contribution in [0.4, 0.5) is 5.69 Å². The molecule has 1 aliphatic rings. The number of halogens is 1. The molecule has 25 heavy (non-hydrogen) atoms. The van der Waals surface area contributed by atoms with Crippen molar-refractivity contribution in [1.82, 2.24) is 15.6 Å². The molecule has 2 heterocycles. The van der Waals surface area contributed by atoms with Crippen molar-refractivity contribution >= 4 is 27.6 Å². The van der Waals surface area contributed by atoms with Crippen molar-refractivity contribution in [3.8, 4) is 0 Å². The number of anilines is 1. The minimum atomic E-state index is 0.618. The lowest BCUT2D eigenvalue weighted by Gasteiger charge is -2.19. The number of nitrogens with zero attached hydrogens (tertiary/aromatic N) is 3. The van der Waals surface area contributed by atoms with Gasteiger partial charge in [0.05, 0.1) is 12.2 Å². The molecular weight excluding hydrogens is 378 g/mol. The fourth-order valence-corrected chi connectivity index (χ4v) is 3.43. The molecular formula is C19H24BrN5. The Hall–Kier alpha value is -2.08. The van der Waals surface area contributed by atoms with E-state index < -0.39 is 0 Å². The molecule has 0 amide bonds. The molecule has 0 spiro atoms. The molecule has 0 bridgehead atoms. The largest absolute Gasteiger partial charge is 0.371 e. The van der Waals surface area contributed by atoms with Gasteiger partial charge in [0, 0.05) is 43.0 Å². The van der Waals surface area contributed by atoms with Gasteiger partial charge in [-0.2, -0.15) is 0 Å². The molecule has 1 aromatic carbocycles. The number of aromatic nitrogens is 1. The Morgan fingerprint density at radius 1 is 1.28 bits per heavy atom. The van der Waals surface area contributed by atoms with Gasteiger partial charge in [-0.25, -0.2) is 0 Å². The predicted octanol–water partition coefficient (Wildman–Crippen LogP) is 3.04. The third-order valence-electron chi connectivity index (χ3n) is 4.40. The van der Waals surface area contributed by atoms with Gasteiger partial charge in [-0.15, -0.1) is 0 Å². The van der Waals surface area contributed by atoms with E-state index in [-0.39, 0.29) is 0 Å². The molecule has 2 N–H and O–H groups in total. The summed E-state index contributed by atoms with van der Waals surface area (Å²) in [6.45, 7) is 3.77. The van der Waals surface area contributed by atoms with Crippen LogP contribution in [0.5, 0.6) is 0 Å². The third-order valence-corrected chi connectivity index (χ3v) is 4.90. The Labute approximate surface area is 157 Å². The van der Waals surface area contributed by atoms with Gasteiger partial charge in [0.2, 0.25) is 0 Å². The molecule has 2 aromatic rings. The van der Waals surface area contributed by atoms with Crippen LogP contribution in [0.15, 0.2) is 58.1 Å². The highest BCUT2D eigenvalue weighted by molar-refractivity contribution is 9.10. The van der Waals surface area contributed by atoms with Crippen LogP contribution in [0.25, 0.3) is 0 Å². The Morgan fingerprint density at radius 2 is 2.20 bits per heavy atom. The van der Waals surface area contributed by atoms with E-state index in [0.717, 1.165) is 35.8 Å². The number of nitrogens with one attached hydrogen (secondary N) is 2. The zero-order valence-electron chi connectivity index (χ0n) is 14.5. The first-order valence-corrected chi connectivity index (χ1v) is 9.39. The summed E-state index contributed by atoms with van der Waals surface area (Å²) in [5, 5.41) is 6.76. The molecule has 1 aliphatic heterocycles. The van der Waals surface area contributed by atoms with E-state index in [9.17, 15) is 0 Å². The maximum Gasteiger partial charge on any atom is 0.191 e. The Kier molecular flexibility index (Phi) is 6.28. The van der Waals surface area contributed by atoms with Gasteiger partial charge in [-0.1, -0.05) is 28.1 Å². The molecule has 1 aromatic heterocycles. The number of aliphatic imine (C=N–C) groups is 1. The molecule has 1 unspecified atom stereocenters.